The van der Waals surface area contributed by atoms with E-state index < -0.39 is 24.0 Å². The van der Waals surface area contributed by atoms with Gasteiger partial charge in [0, 0.05) is 5.56 Å². The lowest BCUT2D eigenvalue weighted by Gasteiger charge is -2.26. The van der Waals surface area contributed by atoms with Crippen LogP contribution in [0.5, 0.6) is 0 Å². The first-order chi connectivity index (χ1) is 13.9. The fourth-order valence-electron chi connectivity index (χ4n) is 3.01. The van der Waals surface area contributed by atoms with Gasteiger partial charge in [0.25, 0.3) is 0 Å². The van der Waals surface area contributed by atoms with Crippen molar-refractivity contribution in [1.29, 1.82) is 0 Å². The van der Waals surface area contributed by atoms with E-state index in [1.165, 1.54) is 0 Å². The number of benzene rings is 1. The Kier molecular flexibility index (Phi) is 5.96. The predicted octanol–water partition coefficient (Wildman–Crippen LogP) is 2.33. The molecule has 2 N–H and O–H groups in total. The second kappa shape index (κ2) is 8.59. The Bertz CT molecular complexity index is 964. The molecule has 3 rings (SSSR count). The van der Waals surface area contributed by atoms with Crippen molar-refractivity contribution in [2.45, 2.75) is 26.8 Å². The topological polar surface area (TPSA) is 120 Å². The molecule has 2 aromatic rings. The number of ether oxygens (including phenoxy) is 2. The molecule has 1 aromatic heterocycles. The first-order valence-electron chi connectivity index (χ1n) is 9.08. The Labute approximate surface area is 167 Å². The number of hydrogen-bond acceptors (Lipinski definition) is 7. The molecule has 1 aliphatic rings. The summed E-state index contributed by atoms with van der Waals surface area (Å²) in [6, 6.07) is 7.98. The van der Waals surface area contributed by atoms with E-state index in [1.807, 2.05) is 18.2 Å². The van der Waals surface area contributed by atoms with Crippen LogP contribution >= 0.6 is 0 Å². The fraction of sp³-hybridized carbons (Fsp3) is 0.300. The monoisotopic (exact) mass is 399 g/mol. The van der Waals surface area contributed by atoms with Gasteiger partial charge in [-0.05, 0) is 20.8 Å². The van der Waals surface area contributed by atoms with E-state index in [9.17, 15) is 14.4 Å². The third-order valence-electron chi connectivity index (χ3n) is 4.33. The average molecular weight is 399 g/mol. The number of urea groups is 1. The van der Waals surface area contributed by atoms with E-state index in [0.29, 0.717) is 17.0 Å². The number of aromatic nitrogens is 1. The van der Waals surface area contributed by atoms with Gasteiger partial charge in [-0.3, -0.25) is 0 Å². The Morgan fingerprint density at radius 3 is 2.59 bits per heavy atom. The van der Waals surface area contributed by atoms with Crippen molar-refractivity contribution in [3.8, 4) is 11.3 Å². The summed E-state index contributed by atoms with van der Waals surface area (Å²) < 4.78 is 15.6. The second-order valence-corrected chi connectivity index (χ2v) is 6.34. The molecule has 29 heavy (non-hydrogen) atoms. The maximum atomic E-state index is 12.7. The molecule has 0 fully saturated rings. The zero-order chi connectivity index (χ0) is 21.0. The Morgan fingerprint density at radius 1 is 1.17 bits per heavy atom. The summed E-state index contributed by atoms with van der Waals surface area (Å²) in [7, 11) is 0. The number of amides is 2. The van der Waals surface area contributed by atoms with Crippen molar-refractivity contribution >= 4 is 18.0 Å². The summed E-state index contributed by atoms with van der Waals surface area (Å²) in [6.07, 6.45) is 0. The Balaban J connectivity index is 1.84. The van der Waals surface area contributed by atoms with Crippen LogP contribution in [-0.4, -0.2) is 42.4 Å². The highest BCUT2D eigenvalue weighted by molar-refractivity contribution is 5.98. The summed E-state index contributed by atoms with van der Waals surface area (Å²) in [6.45, 7) is 4.79. The molecule has 0 radical (unpaired) electrons. The third-order valence-corrected chi connectivity index (χ3v) is 4.33. The quantitative estimate of drug-likeness (QED) is 0.715. The van der Waals surface area contributed by atoms with Crippen molar-refractivity contribution in [1.82, 2.24) is 15.8 Å². The molecular formula is C20H21N3O6. The highest BCUT2D eigenvalue weighted by Crippen LogP contribution is 2.26. The van der Waals surface area contributed by atoms with E-state index in [2.05, 4.69) is 15.8 Å². The van der Waals surface area contributed by atoms with E-state index in [1.54, 1.807) is 32.9 Å². The molecule has 0 saturated heterocycles. The second-order valence-electron chi connectivity index (χ2n) is 6.34. The van der Waals surface area contributed by atoms with Gasteiger partial charge >= 0.3 is 18.0 Å². The normalized spacial score (nSPS) is 16.1. The van der Waals surface area contributed by atoms with Crippen LogP contribution < -0.4 is 10.6 Å². The van der Waals surface area contributed by atoms with E-state index in [0.717, 1.165) is 0 Å². The van der Waals surface area contributed by atoms with Gasteiger partial charge in [-0.2, -0.15) is 0 Å². The van der Waals surface area contributed by atoms with Crippen molar-refractivity contribution < 1.29 is 28.4 Å². The summed E-state index contributed by atoms with van der Waals surface area (Å²) in [4.78, 5) is 36.8. The summed E-state index contributed by atoms with van der Waals surface area (Å²) in [5, 5.41) is 9.04. The van der Waals surface area contributed by atoms with Gasteiger partial charge < -0.3 is 24.6 Å². The molecule has 0 unspecified atom stereocenters. The molecule has 152 valence electrons. The standard InChI is InChI=1S/C20H21N3O6/c1-4-27-18(24)15-11(2)21-20(26)22-14(15)10-28-19(25)16-12(3)29-23-17(16)13-8-6-5-7-9-13/h5-9,11H,4,10H2,1-3H3,(H2,21,22,26)/t11-/m1/s1. The maximum absolute atomic E-state index is 12.7. The molecule has 2 amide bonds. The fourth-order valence-corrected chi connectivity index (χ4v) is 3.01. The molecule has 2 heterocycles. The van der Waals surface area contributed by atoms with Crippen molar-refractivity contribution in [2.24, 2.45) is 0 Å². The number of rotatable bonds is 6. The minimum absolute atomic E-state index is 0.170. The third kappa shape index (κ3) is 4.29. The van der Waals surface area contributed by atoms with Crippen LogP contribution in [0.4, 0.5) is 4.79 Å². The number of aryl methyl sites for hydroxylation is 1. The SMILES string of the molecule is CCOC(=O)C1=C(COC(=O)c2c(-c3ccccc3)noc2C)NC(=O)N[C@@H]1C. The highest BCUT2D eigenvalue weighted by atomic mass is 16.5. The van der Waals surface area contributed by atoms with Crippen molar-refractivity contribution in [3.63, 3.8) is 0 Å². The number of nitrogens with one attached hydrogen (secondary N) is 2. The lowest BCUT2D eigenvalue weighted by atomic mass is 10.0. The van der Waals surface area contributed by atoms with Crippen molar-refractivity contribution in [3.05, 3.63) is 52.9 Å². The van der Waals surface area contributed by atoms with Crippen LogP contribution in [0.15, 0.2) is 46.1 Å². The first kappa shape index (κ1) is 20.1. The molecule has 1 aliphatic heterocycles. The van der Waals surface area contributed by atoms with Crippen LogP contribution in [0.1, 0.15) is 30.0 Å². The van der Waals surface area contributed by atoms with Gasteiger partial charge in [0.05, 0.1) is 23.9 Å². The van der Waals surface area contributed by atoms with Crippen LogP contribution in [0.25, 0.3) is 11.3 Å². The molecule has 0 spiro atoms. The van der Waals surface area contributed by atoms with E-state index in [4.69, 9.17) is 14.0 Å². The summed E-state index contributed by atoms with van der Waals surface area (Å²) in [5.41, 5.74) is 1.61. The molecular weight excluding hydrogens is 378 g/mol. The minimum Gasteiger partial charge on any atom is -0.463 e. The highest BCUT2D eigenvalue weighted by Gasteiger charge is 2.31. The number of carbonyl (C=O) groups excluding carboxylic acids is 3. The molecule has 9 nitrogen and oxygen atoms in total. The Hall–Kier alpha value is -3.62. The average Bonchev–Trinajstić information content (AvgIpc) is 3.08. The van der Waals surface area contributed by atoms with Gasteiger partial charge in [-0.1, -0.05) is 35.5 Å². The van der Waals surface area contributed by atoms with Crippen LogP contribution in [0.2, 0.25) is 0 Å². The molecule has 1 atom stereocenters. The summed E-state index contributed by atoms with van der Waals surface area (Å²) in [5.74, 6) is -0.973. The smallest absolute Gasteiger partial charge is 0.344 e. The molecule has 0 saturated carbocycles. The van der Waals surface area contributed by atoms with Gasteiger partial charge in [0.2, 0.25) is 0 Å². The van der Waals surface area contributed by atoms with Crippen molar-refractivity contribution in [2.75, 3.05) is 13.2 Å². The van der Waals surface area contributed by atoms with Crippen LogP contribution in [0, 0.1) is 6.92 Å². The zero-order valence-corrected chi connectivity index (χ0v) is 16.3. The number of carbonyl (C=O) groups is 3. The molecule has 0 aliphatic carbocycles. The van der Waals surface area contributed by atoms with E-state index in [-0.39, 0.29) is 30.0 Å². The number of hydrogen-bond donors (Lipinski definition) is 2. The number of esters is 2. The van der Waals surface area contributed by atoms with Gasteiger partial charge in [0.15, 0.2) is 0 Å². The van der Waals surface area contributed by atoms with E-state index >= 15 is 0 Å². The predicted molar refractivity (Wildman–Crippen MR) is 102 cm³/mol. The van der Waals surface area contributed by atoms with Gasteiger partial charge in [-0.15, -0.1) is 0 Å². The largest absolute Gasteiger partial charge is 0.463 e. The summed E-state index contributed by atoms with van der Waals surface area (Å²) >= 11 is 0. The molecule has 1 aromatic carbocycles. The zero-order valence-electron chi connectivity index (χ0n) is 16.3. The maximum Gasteiger partial charge on any atom is 0.344 e. The number of nitrogens with zero attached hydrogens (tertiary/aromatic N) is 1. The first-order valence-corrected chi connectivity index (χ1v) is 9.08. The molecule has 9 heteroatoms. The lowest BCUT2D eigenvalue weighted by Crippen LogP contribution is -2.50. The van der Waals surface area contributed by atoms with Gasteiger partial charge in [0.1, 0.15) is 23.6 Å². The lowest BCUT2D eigenvalue weighted by molar-refractivity contribution is -0.139. The Morgan fingerprint density at radius 2 is 1.90 bits per heavy atom. The van der Waals surface area contributed by atoms with Crippen LogP contribution in [0.3, 0.4) is 0 Å². The van der Waals surface area contributed by atoms with Gasteiger partial charge in [-0.25, -0.2) is 14.4 Å². The van der Waals surface area contributed by atoms with Crippen LogP contribution in [-0.2, 0) is 14.3 Å². The molecule has 0 bridgehead atoms. The minimum atomic E-state index is -0.682.